The predicted molar refractivity (Wildman–Crippen MR) is 60.7 cm³/mol. The molecule has 1 aliphatic rings. The summed E-state index contributed by atoms with van der Waals surface area (Å²) < 4.78 is 0. The maximum absolute atomic E-state index is 3.83. The molecule has 0 aliphatic carbocycles. The van der Waals surface area contributed by atoms with Gasteiger partial charge in [-0.3, -0.25) is 0 Å². The average molecular weight is 181 g/mol. The van der Waals surface area contributed by atoms with Crippen molar-refractivity contribution in [2.45, 2.75) is 40.0 Å². The van der Waals surface area contributed by atoms with Crippen LogP contribution >= 0.6 is 0 Å². The van der Waals surface area contributed by atoms with Gasteiger partial charge in [0.15, 0.2) is 0 Å². The molecule has 0 aromatic rings. The first-order valence-electron chi connectivity index (χ1n) is 5.35. The Morgan fingerprint density at radius 1 is 1.46 bits per heavy atom. The van der Waals surface area contributed by atoms with E-state index in [-0.39, 0.29) is 0 Å². The maximum atomic E-state index is 3.83. The van der Waals surface area contributed by atoms with E-state index in [4.69, 9.17) is 0 Å². The minimum Gasteiger partial charge on any atom is -0.378 e. The zero-order valence-electron chi connectivity index (χ0n) is 9.56. The van der Waals surface area contributed by atoms with Gasteiger partial charge in [-0.15, -0.1) is 0 Å². The minimum absolute atomic E-state index is 1.14. The molecule has 1 heterocycles. The summed E-state index contributed by atoms with van der Waals surface area (Å²) in [6.07, 6.45) is 5.64. The molecule has 0 aromatic carbocycles. The zero-order valence-corrected chi connectivity index (χ0v) is 9.56. The second kappa shape index (κ2) is 6.76. The van der Waals surface area contributed by atoms with Crippen LogP contribution in [0.25, 0.3) is 0 Å². The van der Waals surface area contributed by atoms with Crippen LogP contribution in [0.1, 0.15) is 40.0 Å². The van der Waals surface area contributed by atoms with E-state index in [1.54, 1.807) is 0 Å². The van der Waals surface area contributed by atoms with Crippen LogP contribution in [0.2, 0.25) is 0 Å². The lowest BCUT2D eigenvalue weighted by Gasteiger charge is -2.29. The lowest BCUT2D eigenvalue weighted by atomic mass is 10.0. The fraction of sp³-hybridized carbons (Fsp3) is 0.667. The summed E-state index contributed by atoms with van der Waals surface area (Å²) >= 11 is 0. The van der Waals surface area contributed by atoms with Crippen molar-refractivity contribution in [3.8, 4) is 0 Å². The lowest BCUT2D eigenvalue weighted by molar-refractivity contribution is 0.370. The first-order chi connectivity index (χ1) is 6.29. The summed E-state index contributed by atoms with van der Waals surface area (Å²) in [4.78, 5) is 2.35. The highest BCUT2D eigenvalue weighted by atomic mass is 15.1. The largest absolute Gasteiger partial charge is 0.378 e. The highest BCUT2D eigenvalue weighted by molar-refractivity contribution is 5.25. The van der Waals surface area contributed by atoms with Crippen LogP contribution in [0.5, 0.6) is 0 Å². The summed E-state index contributed by atoms with van der Waals surface area (Å²) in [6.45, 7) is 11.3. The molecule has 76 valence electrons. The standard InChI is InChI=1S/C10H17N.C2H6/c1-4-9-7-6-8-11(3)10(9)5-2;1-2/h4H,1,5-8H2,2-3H3;1-2H3. The molecule has 0 fully saturated rings. The molecule has 0 spiro atoms. The van der Waals surface area contributed by atoms with Crippen molar-refractivity contribution in [2.75, 3.05) is 13.6 Å². The summed E-state index contributed by atoms with van der Waals surface area (Å²) in [5.41, 5.74) is 2.92. The van der Waals surface area contributed by atoms with Crippen LogP contribution in [0.15, 0.2) is 23.9 Å². The van der Waals surface area contributed by atoms with Gasteiger partial charge >= 0.3 is 0 Å². The molecule has 0 bridgehead atoms. The van der Waals surface area contributed by atoms with E-state index in [2.05, 4.69) is 25.5 Å². The summed E-state index contributed by atoms with van der Waals surface area (Å²) in [7, 11) is 2.17. The smallest absolute Gasteiger partial charge is 0.0175 e. The number of hydrogen-bond donors (Lipinski definition) is 0. The van der Waals surface area contributed by atoms with Gasteiger partial charge < -0.3 is 4.90 Å². The molecule has 1 heteroatoms. The number of allylic oxidation sites excluding steroid dienone is 3. The molecular weight excluding hydrogens is 158 g/mol. The van der Waals surface area contributed by atoms with Crippen molar-refractivity contribution in [1.29, 1.82) is 0 Å². The molecule has 1 rings (SSSR count). The summed E-state index contributed by atoms with van der Waals surface area (Å²) in [5, 5.41) is 0. The van der Waals surface area contributed by atoms with Crippen molar-refractivity contribution in [1.82, 2.24) is 4.90 Å². The Morgan fingerprint density at radius 2 is 2.08 bits per heavy atom. The van der Waals surface area contributed by atoms with E-state index in [1.807, 2.05) is 19.9 Å². The van der Waals surface area contributed by atoms with Gasteiger partial charge in [0.1, 0.15) is 0 Å². The quantitative estimate of drug-likeness (QED) is 0.629. The zero-order chi connectivity index (χ0) is 10.3. The van der Waals surface area contributed by atoms with E-state index in [0.717, 1.165) is 6.42 Å². The van der Waals surface area contributed by atoms with Crippen LogP contribution in [-0.2, 0) is 0 Å². The first-order valence-corrected chi connectivity index (χ1v) is 5.35. The third-order valence-corrected chi connectivity index (χ3v) is 2.35. The first kappa shape index (κ1) is 12.3. The molecule has 0 unspecified atom stereocenters. The topological polar surface area (TPSA) is 3.24 Å². The molecule has 1 aliphatic heterocycles. The average Bonchev–Trinajstić information content (AvgIpc) is 2.20. The van der Waals surface area contributed by atoms with Gasteiger partial charge in [-0.05, 0) is 24.8 Å². The van der Waals surface area contributed by atoms with Crippen molar-refractivity contribution < 1.29 is 0 Å². The lowest BCUT2D eigenvalue weighted by Crippen LogP contribution is -2.23. The van der Waals surface area contributed by atoms with Gasteiger partial charge in [0, 0.05) is 19.3 Å². The van der Waals surface area contributed by atoms with Crippen LogP contribution in [0.3, 0.4) is 0 Å². The number of nitrogens with zero attached hydrogens (tertiary/aromatic N) is 1. The normalized spacial score (nSPS) is 16.5. The van der Waals surface area contributed by atoms with E-state index < -0.39 is 0 Å². The summed E-state index contributed by atoms with van der Waals surface area (Å²) in [5.74, 6) is 0. The molecule has 1 nitrogen and oxygen atoms in total. The predicted octanol–water partition coefficient (Wildman–Crippen LogP) is 3.59. The van der Waals surface area contributed by atoms with Crippen LogP contribution in [0.4, 0.5) is 0 Å². The highest BCUT2D eigenvalue weighted by Gasteiger charge is 2.12. The Hall–Kier alpha value is -0.720. The maximum Gasteiger partial charge on any atom is 0.0175 e. The molecule has 0 radical (unpaired) electrons. The monoisotopic (exact) mass is 181 g/mol. The van der Waals surface area contributed by atoms with Crippen molar-refractivity contribution in [3.63, 3.8) is 0 Å². The fourth-order valence-electron chi connectivity index (χ4n) is 1.75. The molecule has 0 aromatic heterocycles. The van der Waals surface area contributed by atoms with Gasteiger partial charge in [0.2, 0.25) is 0 Å². The van der Waals surface area contributed by atoms with Gasteiger partial charge in [0.25, 0.3) is 0 Å². The molecule has 0 saturated carbocycles. The van der Waals surface area contributed by atoms with Crippen LogP contribution in [-0.4, -0.2) is 18.5 Å². The Kier molecular flexibility index (Phi) is 6.38. The van der Waals surface area contributed by atoms with Crippen LogP contribution < -0.4 is 0 Å². The van der Waals surface area contributed by atoms with Crippen molar-refractivity contribution >= 4 is 0 Å². The molecule has 0 saturated heterocycles. The van der Waals surface area contributed by atoms with Gasteiger partial charge in [-0.1, -0.05) is 33.4 Å². The van der Waals surface area contributed by atoms with E-state index in [0.29, 0.717) is 0 Å². The molecule has 13 heavy (non-hydrogen) atoms. The van der Waals surface area contributed by atoms with Crippen LogP contribution in [0, 0.1) is 0 Å². The van der Waals surface area contributed by atoms with Crippen molar-refractivity contribution in [2.24, 2.45) is 0 Å². The van der Waals surface area contributed by atoms with E-state index in [9.17, 15) is 0 Å². The Morgan fingerprint density at radius 3 is 2.46 bits per heavy atom. The van der Waals surface area contributed by atoms with Gasteiger partial charge in [-0.25, -0.2) is 0 Å². The summed E-state index contributed by atoms with van der Waals surface area (Å²) in [6, 6.07) is 0. The second-order valence-electron chi connectivity index (χ2n) is 3.05. The third kappa shape index (κ3) is 3.25. The minimum atomic E-state index is 1.14. The fourth-order valence-corrected chi connectivity index (χ4v) is 1.75. The number of hydrogen-bond acceptors (Lipinski definition) is 1. The Labute approximate surface area is 83.1 Å². The third-order valence-electron chi connectivity index (χ3n) is 2.35. The van der Waals surface area contributed by atoms with E-state index >= 15 is 0 Å². The Bertz CT molecular complexity index is 180. The van der Waals surface area contributed by atoms with Gasteiger partial charge in [0.05, 0.1) is 0 Å². The Balaban J connectivity index is 0.000000671. The highest BCUT2D eigenvalue weighted by Crippen LogP contribution is 2.23. The SMILES string of the molecule is C=CC1=C(CC)N(C)CCC1.CC. The van der Waals surface area contributed by atoms with Gasteiger partial charge in [-0.2, -0.15) is 0 Å². The van der Waals surface area contributed by atoms with E-state index in [1.165, 1.54) is 30.7 Å². The molecule has 0 N–H and O–H groups in total. The molecule has 0 atom stereocenters. The second-order valence-corrected chi connectivity index (χ2v) is 3.05. The molecular formula is C12H23N. The van der Waals surface area contributed by atoms with Crippen molar-refractivity contribution in [3.05, 3.63) is 23.9 Å². The molecule has 0 amide bonds. The number of rotatable bonds is 2.